The molecule has 1 atom stereocenters. The third-order valence-corrected chi connectivity index (χ3v) is 2.65. The van der Waals surface area contributed by atoms with Gasteiger partial charge in [-0.3, -0.25) is 4.79 Å². The van der Waals surface area contributed by atoms with Gasteiger partial charge in [-0.1, -0.05) is 13.8 Å². The molecule has 0 spiro atoms. The number of alkyl halides is 3. The summed E-state index contributed by atoms with van der Waals surface area (Å²) in [7, 11) is 0. The fourth-order valence-electron chi connectivity index (χ4n) is 1.82. The van der Waals surface area contributed by atoms with Gasteiger partial charge in [-0.2, -0.15) is 0 Å². The molecule has 3 N–H and O–H groups in total. The molecule has 1 amide bonds. The van der Waals surface area contributed by atoms with Crippen LogP contribution in [0.3, 0.4) is 0 Å². The maximum Gasteiger partial charge on any atom is 0.573 e. The van der Waals surface area contributed by atoms with Crippen LogP contribution in [0.25, 0.3) is 0 Å². The Morgan fingerprint density at radius 1 is 1.29 bits per heavy atom. The van der Waals surface area contributed by atoms with E-state index in [9.17, 15) is 18.0 Å². The minimum atomic E-state index is -4.74. The van der Waals surface area contributed by atoms with E-state index in [1.54, 1.807) is 0 Å². The molecule has 0 heterocycles. The van der Waals surface area contributed by atoms with Crippen LogP contribution in [0.1, 0.15) is 30.6 Å². The molecule has 21 heavy (non-hydrogen) atoms. The number of nitrogens with two attached hydrogens (primary N) is 1. The molecule has 7 heteroatoms. The fraction of sp³-hybridized carbons (Fsp3) is 0.500. The Kier molecular flexibility index (Phi) is 6.02. The van der Waals surface area contributed by atoms with E-state index in [1.165, 1.54) is 12.1 Å². The summed E-state index contributed by atoms with van der Waals surface area (Å²) in [6.07, 6.45) is -3.97. The second-order valence-electron chi connectivity index (χ2n) is 5.17. The lowest BCUT2D eigenvalue weighted by Crippen LogP contribution is -2.38. The summed E-state index contributed by atoms with van der Waals surface area (Å²) < 4.78 is 39.7. The predicted molar refractivity (Wildman–Crippen MR) is 72.9 cm³/mol. The third-order valence-electron chi connectivity index (χ3n) is 2.65. The van der Waals surface area contributed by atoms with Gasteiger partial charge in [-0.25, -0.2) is 0 Å². The van der Waals surface area contributed by atoms with E-state index in [-0.39, 0.29) is 23.3 Å². The van der Waals surface area contributed by atoms with Gasteiger partial charge in [0.2, 0.25) is 0 Å². The zero-order chi connectivity index (χ0) is 16.0. The van der Waals surface area contributed by atoms with Gasteiger partial charge in [0.1, 0.15) is 5.75 Å². The number of hydrogen-bond acceptors (Lipinski definition) is 3. The number of ether oxygens (including phenoxy) is 1. The number of carbonyl (C=O) groups is 1. The van der Waals surface area contributed by atoms with E-state index in [4.69, 9.17) is 5.73 Å². The maximum atomic E-state index is 12.0. The number of benzene rings is 1. The highest BCUT2D eigenvalue weighted by Gasteiger charge is 2.31. The molecular weight excluding hydrogens is 285 g/mol. The molecule has 0 radical (unpaired) electrons. The highest BCUT2D eigenvalue weighted by molar-refractivity contribution is 5.94. The highest BCUT2D eigenvalue weighted by atomic mass is 19.4. The Bertz CT molecular complexity index is 458. The molecule has 0 fully saturated rings. The number of carbonyl (C=O) groups excluding carboxylic acids is 1. The first-order valence-electron chi connectivity index (χ1n) is 6.57. The van der Waals surface area contributed by atoms with Crippen molar-refractivity contribution >= 4 is 5.91 Å². The summed E-state index contributed by atoms with van der Waals surface area (Å²) in [5.41, 5.74) is 6.09. The predicted octanol–water partition coefficient (Wildman–Crippen LogP) is 2.69. The van der Waals surface area contributed by atoms with Crippen LogP contribution >= 0.6 is 0 Å². The molecule has 4 nitrogen and oxygen atoms in total. The molecule has 118 valence electrons. The zero-order valence-corrected chi connectivity index (χ0v) is 11.9. The summed E-state index contributed by atoms with van der Waals surface area (Å²) >= 11 is 0. The lowest BCUT2D eigenvalue weighted by atomic mass is 10.0. The quantitative estimate of drug-likeness (QED) is 0.849. The van der Waals surface area contributed by atoms with Gasteiger partial charge in [0.05, 0.1) is 0 Å². The van der Waals surface area contributed by atoms with Crippen molar-refractivity contribution in [1.82, 2.24) is 5.32 Å². The van der Waals surface area contributed by atoms with E-state index < -0.39 is 6.36 Å². The smallest absolute Gasteiger partial charge is 0.406 e. The van der Waals surface area contributed by atoms with Crippen molar-refractivity contribution in [3.8, 4) is 5.75 Å². The van der Waals surface area contributed by atoms with Crippen molar-refractivity contribution in [3.63, 3.8) is 0 Å². The van der Waals surface area contributed by atoms with E-state index in [0.717, 1.165) is 18.6 Å². The number of halogens is 3. The summed E-state index contributed by atoms with van der Waals surface area (Å²) in [6, 6.07) is 4.57. The normalized spacial score (nSPS) is 13.1. The van der Waals surface area contributed by atoms with Crippen LogP contribution in [-0.2, 0) is 0 Å². The van der Waals surface area contributed by atoms with Crippen molar-refractivity contribution in [2.45, 2.75) is 32.7 Å². The monoisotopic (exact) mass is 304 g/mol. The average molecular weight is 304 g/mol. The fourth-order valence-corrected chi connectivity index (χ4v) is 1.82. The van der Waals surface area contributed by atoms with E-state index in [1.807, 2.05) is 13.8 Å². The zero-order valence-electron chi connectivity index (χ0n) is 11.9. The molecule has 1 rings (SSSR count). The average Bonchev–Trinajstić information content (AvgIpc) is 2.34. The molecule has 0 saturated heterocycles. The summed E-state index contributed by atoms with van der Waals surface area (Å²) in [4.78, 5) is 11.8. The Labute approximate surface area is 121 Å². The van der Waals surface area contributed by atoms with E-state index in [0.29, 0.717) is 12.5 Å². The Morgan fingerprint density at radius 2 is 1.86 bits per heavy atom. The Hall–Kier alpha value is -1.76. The first kappa shape index (κ1) is 17.3. The first-order chi connectivity index (χ1) is 9.67. The van der Waals surface area contributed by atoms with Crippen LogP contribution < -0.4 is 15.8 Å². The summed E-state index contributed by atoms with van der Waals surface area (Å²) in [5.74, 6) is -0.320. The van der Waals surface area contributed by atoms with Crippen LogP contribution in [0, 0.1) is 5.92 Å². The second kappa shape index (κ2) is 7.31. The summed E-state index contributed by atoms with van der Waals surface area (Å²) in [6.45, 7) is 4.37. The van der Waals surface area contributed by atoms with Gasteiger partial charge in [-0.15, -0.1) is 13.2 Å². The van der Waals surface area contributed by atoms with Gasteiger partial charge >= 0.3 is 6.36 Å². The topological polar surface area (TPSA) is 64.3 Å². The molecule has 1 unspecified atom stereocenters. The standard InChI is InChI=1S/C14H19F3N2O2/c1-9(2)7-11(18)8-19-13(20)10-3-5-12(6-4-10)21-14(15,16)17/h3-6,9,11H,7-8,18H2,1-2H3,(H,19,20). The molecule has 1 aromatic carbocycles. The van der Waals surface area contributed by atoms with E-state index >= 15 is 0 Å². The SMILES string of the molecule is CC(C)CC(N)CNC(=O)c1ccc(OC(F)(F)F)cc1. The van der Waals surface area contributed by atoms with Crippen LogP contribution in [0.5, 0.6) is 5.75 Å². The number of nitrogens with one attached hydrogen (secondary N) is 1. The molecule has 0 saturated carbocycles. The van der Waals surface area contributed by atoms with Crippen LogP contribution in [-0.4, -0.2) is 24.9 Å². The van der Waals surface area contributed by atoms with Gasteiger partial charge in [0.25, 0.3) is 5.91 Å². The second-order valence-corrected chi connectivity index (χ2v) is 5.17. The van der Waals surface area contributed by atoms with Crippen LogP contribution in [0.2, 0.25) is 0 Å². The Morgan fingerprint density at radius 3 is 2.33 bits per heavy atom. The van der Waals surface area contributed by atoms with Crippen molar-refractivity contribution in [2.24, 2.45) is 11.7 Å². The van der Waals surface area contributed by atoms with Crippen LogP contribution in [0.4, 0.5) is 13.2 Å². The number of hydrogen-bond donors (Lipinski definition) is 2. The van der Waals surface area contributed by atoms with Crippen molar-refractivity contribution in [2.75, 3.05) is 6.54 Å². The van der Waals surface area contributed by atoms with E-state index in [2.05, 4.69) is 10.1 Å². The number of amides is 1. The molecule has 0 aliphatic carbocycles. The third kappa shape index (κ3) is 6.99. The van der Waals surface area contributed by atoms with Crippen molar-refractivity contribution < 1.29 is 22.7 Å². The minimum Gasteiger partial charge on any atom is -0.406 e. The van der Waals surface area contributed by atoms with Gasteiger partial charge < -0.3 is 15.8 Å². The lowest BCUT2D eigenvalue weighted by molar-refractivity contribution is -0.274. The molecule has 0 bridgehead atoms. The minimum absolute atomic E-state index is 0.151. The van der Waals surface area contributed by atoms with Gasteiger partial charge in [-0.05, 0) is 36.6 Å². The van der Waals surface area contributed by atoms with Crippen molar-refractivity contribution in [3.05, 3.63) is 29.8 Å². The maximum absolute atomic E-state index is 12.0. The first-order valence-corrected chi connectivity index (χ1v) is 6.57. The van der Waals surface area contributed by atoms with Gasteiger partial charge in [0, 0.05) is 18.2 Å². The molecule has 0 aliphatic rings. The van der Waals surface area contributed by atoms with Crippen LogP contribution in [0.15, 0.2) is 24.3 Å². The number of rotatable bonds is 6. The highest BCUT2D eigenvalue weighted by Crippen LogP contribution is 2.22. The molecule has 1 aromatic rings. The molecular formula is C14H19F3N2O2. The summed E-state index contributed by atoms with van der Waals surface area (Å²) in [5, 5.41) is 2.64. The molecule has 0 aliphatic heterocycles. The van der Waals surface area contributed by atoms with Crippen molar-refractivity contribution in [1.29, 1.82) is 0 Å². The van der Waals surface area contributed by atoms with Gasteiger partial charge in [0.15, 0.2) is 0 Å². The Balaban J connectivity index is 2.52. The lowest BCUT2D eigenvalue weighted by Gasteiger charge is -2.15. The molecule has 0 aromatic heterocycles. The largest absolute Gasteiger partial charge is 0.573 e.